The highest BCUT2D eigenvalue weighted by molar-refractivity contribution is 5.90. The monoisotopic (exact) mass is 225 g/mol. The van der Waals surface area contributed by atoms with Gasteiger partial charge < -0.3 is 9.63 Å². The van der Waals surface area contributed by atoms with Crippen molar-refractivity contribution in [3.8, 4) is 0 Å². The molecule has 1 aromatic rings. The lowest BCUT2D eigenvalue weighted by Crippen LogP contribution is -2.32. The van der Waals surface area contributed by atoms with Gasteiger partial charge in [-0.2, -0.15) is 0 Å². The van der Waals surface area contributed by atoms with Gasteiger partial charge >= 0.3 is 0 Å². The zero-order valence-corrected chi connectivity index (χ0v) is 9.14. The maximum atomic E-state index is 11.6. The van der Waals surface area contributed by atoms with Crippen LogP contribution in [0.3, 0.4) is 0 Å². The van der Waals surface area contributed by atoms with E-state index in [-0.39, 0.29) is 18.6 Å². The predicted octanol–water partition coefficient (Wildman–Crippen LogP) is -0.0119. The Bertz CT molecular complexity index is 377. The number of amides is 1. The second-order valence-electron chi connectivity index (χ2n) is 4.06. The molecule has 2 rings (SSSR count). The molecule has 0 aliphatic carbocycles. The Balaban J connectivity index is 1.80. The Morgan fingerprint density at radius 1 is 1.81 bits per heavy atom. The Morgan fingerprint density at radius 2 is 2.62 bits per heavy atom. The lowest BCUT2D eigenvalue weighted by Gasteiger charge is -2.13. The van der Waals surface area contributed by atoms with Crippen molar-refractivity contribution < 1.29 is 14.4 Å². The number of hydrogen-bond donors (Lipinski definition) is 2. The normalized spacial score (nSPS) is 21.2. The van der Waals surface area contributed by atoms with Crippen molar-refractivity contribution in [3.63, 3.8) is 0 Å². The van der Waals surface area contributed by atoms with Gasteiger partial charge in [0.05, 0.1) is 18.3 Å². The molecule has 0 unspecified atom stereocenters. The molecule has 1 amide bonds. The van der Waals surface area contributed by atoms with Crippen LogP contribution in [0.2, 0.25) is 0 Å². The number of aromatic nitrogens is 1. The van der Waals surface area contributed by atoms with Crippen molar-refractivity contribution in [2.24, 2.45) is 0 Å². The lowest BCUT2D eigenvalue weighted by molar-refractivity contribution is -0.117. The van der Waals surface area contributed by atoms with E-state index < -0.39 is 0 Å². The van der Waals surface area contributed by atoms with Crippen LogP contribution in [-0.2, 0) is 4.79 Å². The van der Waals surface area contributed by atoms with Gasteiger partial charge in [-0.3, -0.25) is 15.0 Å². The number of hydrogen-bond acceptors (Lipinski definition) is 5. The predicted molar refractivity (Wildman–Crippen MR) is 56.9 cm³/mol. The summed E-state index contributed by atoms with van der Waals surface area (Å²) in [5.41, 5.74) is 0.729. The van der Waals surface area contributed by atoms with E-state index in [1.807, 2.05) is 4.90 Å². The molecule has 1 aliphatic heterocycles. The van der Waals surface area contributed by atoms with Gasteiger partial charge in [0.2, 0.25) is 11.8 Å². The molecule has 6 heteroatoms. The summed E-state index contributed by atoms with van der Waals surface area (Å²) in [5.74, 6) is 0.215. The van der Waals surface area contributed by atoms with E-state index in [0.29, 0.717) is 12.4 Å². The molecule has 1 saturated heterocycles. The molecule has 1 fully saturated rings. The largest absolute Gasteiger partial charge is 0.392 e. The van der Waals surface area contributed by atoms with Crippen molar-refractivity contribution >= 4 is 11.8 Å². The third-order valence-corrected chi connectivity index (χ3v) is 2.51. The molecule has 0 radical (unpaired) electrons. The zero-order chi connectivity index (χ0) is 11.5. The van der Waals surface area contributed by atoms with Crippen molar-refractivity contribution in [1.82, 2.24) is 10.1 Å². The summed E-state index contributed by atoms with van der Waals surface area (Å²) in [5, 5.41) is 15.6. The van der Waals surface area contributed by atoms with E-state index >= 15 is 0 Å². The van der Waals surface area contributed by atoms with Crippen LogP contribution >= 0.6 is 0 Å². The molecule has 2 N–H and O–H groups in total. The maximum Gasteiger partial charge on any atom is 0.240 e. The quantitative estimate of drug-likeness (QED) is 0.756. The molecule has 1 aliphatic rings. The van der Waals surface area contributed by atoms with Crippen LogP contribution in [0.25, 0.3) is 0 Å². The van der Waals surface area contributed by atoms with E-state index in [1.54, 1.807) is 13.0 Å². The van der Waals surface area contributed by atoms with E-state index in [9.17, 15) is 9.90 Å². The molecule has 0 spiro atoms. The highest BCUT2D eigenvalue weighted by Crippen LogP contribution is 2.10. The minimum atomic E-state index is -0.305. The summed E-state index contributed by atoms with van der Waals surface area (Å²) < 4.78 is 4.87. The Hall–Kier alpha value is -1.40. The highest BCUT2D eigenvalue weighted by atomic mass is 16.5. The second-order valence-corrected chi connectivity index (χ2v) is 4.06. The summed E-state index contributed by atoms with van der Waals surface area (Å²) in [6, 6.07) is 1.66. The molecule has 88 valence electrons. The molecule has 0 aromatic carbocycles. The average molecular weight is 225 g/mol. The summed E-state index contributed by atoms with van der Waals surface area (Å²) in [6.07, 6.45) is 0.426. The standard InChI is InChI=1S/C10H15N3O3/c1-7-4-10(16-12-7)11-9(15)6-13-3-2-8(14)5-13/h4,8,14H,2-3,5-6H2,1H3,(H,11,15)/t8-/m0/s1. The number of rotatable bonds is 3. The van der Waals surface area contributed by atoms with Crippen LogP contribution in [0.1, 0.15) is 12.1 Å². The third kappa shape index (κ3) is 2.80. The molecule has 0 bridgehead atoms. The van der Waals surface area contributed by atoms with Crippen LogP contribution in [0.5, 0.6) is 0 Å². The number of aryl methyl sites for hydroxylation is 1. The molecule has 1 aromatic heterocycles. The fourth-order valence-electron chi connectivity index (χ4n) is 1.76. The number of aliphatic hydroxyl groups is 1. The van der Waals surface area contributed by atoms with Gasteiger partial charge in [0.1, 0.15) is 0 Å². The Morgan fingerprint density at radius 3 is 3.19 bits per heavy atom. The molecular formula is C10H15N3O3. The fourth-order valence-corrected chi connectivity index (χ4v) is 1.76. The van der Waals surface area contributed by atoms with Gasteiger partial charge in [0, 0.05) is 19.2 Å². The Labute approximate surface area is 93.2 Å². The van der Waals surface area contributed by atoms with Crippen molar-refractivity contribution in [1.29, 1.82) is 0 Å². The van der Waals surface area contributed by atoms with Crippen molar-refractivity contribution in [3.05, 3.63) is 11.8 Å². The third-order valence-electron chi connectivity index (χ3n) is 2.51. The Kier molecular flexibility index (Phi) is 3.21. The molecule has 2 heterocycles. The van der Waals surface area contributed by atoms with Crippen LogP contribution in [0.15, 0.2) is 10.6 Å². The maximum absolute atomic E-state index is 11.6. The van der Waals surface area contributed by atoms with Crippen LogP contribution in [0.4, 0.5) is 5.88 Å². The number of β-amino-alcohol motifs (C(OH)–C–C–N with tert-alkyl or cyclic N) is 1. The van der Waals surface area contributed by atoms with Gasteiger partial charge in [0.15, 0.2) is 0 Å². The van der Waals surface area contributed by atoms with Gasteiger partial charge in [-0.05, 0) is 13.3 Å². The first-order chi connectivity index (χ1) is 7.63. The first kappa shape index (κ1) is 11.1. The van der Waals surface area contributed by atoms with Crippen LogP contribution < -0.4 is 5.32 Å². The van der Waals surface area contributed by atoms with E-state index in [4.69, 9.17) is 4.52 Å². The van der Waals surface area contributed by atoms with Crippen LogP contribution in [-0.4, -0.2) is 46.8 Å². The van der Waals surface area contributed by atoms with E-state index in [0.717, 1.165) is 18.7 Å². The topological polar surface area (TPSA) is 78.6 Å². The highest BCUT2D eigenvalue weighted by Gasteiger charge is 2.22. The van der Waals surface area contributed by atoms with E-state index in [2.05, 4.69) is 10.5 Å². The van der Waals surface area contributed by atoms with Crippen molar-refractivity contribution in [2.45, 2.75) is 19.4 Å². The van der Waals surface area contributed by atoms with Gasteiger partial charge in [-0.1, -0.05) is 5.16 Å². The minimum Gasteiger partial charge on any atom is -0.392 e. The lowest BCUT2D eigenvalue weighted by atomic mass is 10.3. The number of nitrogens with one attached hydrogen (secondary N) is 1. The van der Waals surface area contributed by atoms with E-state index in [1.165, 1.54) is 0 Å². The molecular weight excluding hydrogens is 210 g/mol. The SMILES string of the molecule is Cc1cc(NC(=O)CN2CC[C@H](O)C2)on1. The van der Waals surface area contributed by atoms with Gasteiger partial charge in [-0.15, -0.1) is 0 Å². The summed E-state index contributed by atoms with van der Waals surface area (Å²) >= 11 is 0. The second kappa shape index (κ2) is 4.63. The molecule has 1 atom stereocenters. The molecule has 0 saturated carbocycles. The summed E-state index contributed by atoms with van der Waals surface area (Å²) in [7, 11) is 0. The van der Waals surface area contributed by atoms with Crippen LogP contribution in [0, 0.1) is 6.92 Å². The summed E-state index contributed by atoms with van der Waals surface area (Å²) in [4.78, 5) is 13.5. The number of aliphatic hydroxyl groups excluding tert-OH is 1. The fraction of sp³-hybridized carbons (Fsp3) is 0.600. The number of carbonyl (C=O) groups excluding carboxylic acids is 1. The molecule has 6 nitrogen and oxygen atoms in total. The van der Waals surface area contributed by atoms with Gasteiger partial charge in [-0.25, -0.2) is 0 Å². The first-order valence-electron chi connectivity index (χ1n) is 5.27. The average Bonchev–Trinajstić information content (AvgIpc) is 2.76. The van der Waals surface area contributed by atoms with Gasteiger partial charge in [0.25, 0.3) is 0 Å². The zero-order valence-electron chi connectivity index (χ0n) is 9.14. The number of nitrogens with zero attached hydrogens (tertiary/aromatic N) is 2. The smallest absolute Gasteiger partial charge is 0.240 e. The minimum absolute atomic E-state index is 0.148. The number of carbonyl (C=O) groups is 1. The molecule has 16 heavy (non-hydrogen) atoms. The number of anilines is 1. The summed E-state index contributed by atoms with van der Waals surface area (Å²) in [6.45, 7) is 3.37. The first-order valence-corrected chi connectivity index (χ1v) is 5.27. The number of likely N-dealkylation sites (tertiary alicyclic amines) is 1. The van der Waals surface area contributed by atoms with Crippen molar-refractivity contribution in [2.75, 3.05) is 25.0 Å².